The number of esters is 2. The first-order valence-electron chi connectivity index (χ1n) is 9.90. The topological polar surface area (TPSA) is 101 Å². The molecule has 1 aliphatic rings. The number of carbonyl (C=O) groups excluding carboxylic acids is 2. The van der Waals surface area contributed by atoms with Crippen LogP contribution in [0.25, 0.3) is 10.9 Å². The summed E-state index contributed by atoms with van der Waals surface area (Å²) in [6.07, 6.45) is 2.04. The molecule has 3 aromatic rings. The Bertz CT molecular complexity index is 1140. The van der Waals surface area contributed by atoms with Crippen molar-refractivity contribution in [2.75, 3.05) is 14.2 Å². The normalized spacial score (nSPS) is 17.5. The molecule has 160 valence electrons. The first-order valence-corrected chi connectivity index (χ1v) is 9.90. The number of methoxy groups -OCH3 is 2. The average Bonchev–Trinajstić information content (AvgIpc) is 3.13. The summed E-state index contributed by atoms with van der Waals surface area (Å²) in [4.78, 5) is 36.6. The van der Waals surface area contributed by atoms with Crippen LogP contribution in [0.15, 0.2) is 54.7 Å². The van der Waals surface area contributed by atoms with E-state index in [1.54, 1.807) is 12.1 Å². The zero-order valence-corrected chi connectivity index (χ0v) is 17.2. The van der Waals surface area contributed by atoms with Crippen LogP contribution in [0, 0.1) is 16.0 Å². The number of hydrogen-bond acceptors (Lipinski definition) is 6. The van der Waals surface area contributed by atoms with Gasteiger partial charge < -0.3 is 14.0 Å². The number of nitro groups is 1. The van der Waals surface area contributed by atoms with Crippen molar-refractivity contribution in [2.24, 2.45) is 5.92 Å². The monoisotopic (exact) mass is 422 g/mol. The Morgan fingerprint density at radius 2 is 1.77 bits per heavy atom. The smallest absolute Gasteiger partial charge is 0.320 e. The highest BCUT2D eigenvalue weighted by Crippen LogP contribution is 2.43. The van der Waals surface area contributed by atoms with E-state index in [2.05, 4.69) is 0 Å². The lowest BCUT2D eigenvalue weighted by Crippen LogP contribution is -2.43. The molecule has 1 aliphatic carbocycles. The molecule has 2 aromatic carbocycles. The predicted octanol–water partition coefficient (Wildman–Crippen LogP) is 2.94. The Balaban J connectivity index is 1.89. The summed E-state index contributed by atoms with van der Waals surface area (Å²) in [6.45, 7) is 0.603. The number of hydrogen-bond donors (Lipinski definition) is 0. The second kappa shape index (κ2) is 8.22. The molecule has 0 saturated carbocycles. The van der Waals surface area contributed by atoms with Crippen LogP contribution in [0.2, 0.25) is 0 Å². The van der Waals surface area contributed by atoms with E-state index in [4.69, 9.17) is 9.47 Å². The number of carbonyl (C=O) groups is 2. The van der Waals surface area contributed by atoms with Crippen LogP contribution in [-0.2, 0) is 32.0 Å². The number of rotatable bonds is 6. The largest absolute Gasteiger partial charge is 0.468 e. The molecule has 8 nitrogen and oxygen atoms in total. The average molecular weight is 422 g/mol. The van der Waals surface area contributed by atoms with E-state index < -0.39 is 34.7 Å². The lowest BCUT2D eigenvalue weighted by Gasteiger charge is -2.30. The van der Waals surface area contributed by atoms with E-state index in [9.17, 15) is 19.7 Å². The quantitative estimate of drug-likeness (QED) is 0.262. The Hall–Kier alpha value is -3.68. The molecule has 1 aromatic heterocycles. The predicted molar refractivity (Wildman–Crippen MR) is 112 cm³/mol. The van der Waals surface area contributed by atoms with E-state index in [1.807, 2.05) is 47.2 Å². The highest BCUT2D eigenvalue weighted by Gasteiger charge is 2.50. The van der Waals surface area contributed by atoms with E-state index in [0.29, 0.717) is 12.1 Å². The molecule has 0 spiro atoms. The second-order valence-corrected chi connectivity index (χ2v) is 7.62. The summed E-state index contributed by atoms with van der Waals surface area (Å²) in [6, 6.07) is 14.2. The lowest BCUT2D eigenvalue weighted by atomic mass is 9.73. The van der Waals surface area contributed by atoms with Crippen LogP contribution in [0.1, 0.15) is 22.6 Å². The third-order valence-electron chi connectivity index (χ3n) is 5.96. The molecule has 0 saturated heterocycles. The third-order valence-corrected chi connectivity index (χ3v) is 5.96. The van der Waals surface area contributed by atoms with E-state index >= 15 is 0 Å². The Morgan fingerprint density at radius 1 is 1.10 bits per heavy atom. The second-order valence-electron chi connectivity index (χ2n) is 7.62. The van der Waals surface area contributed by atoms with Crippen LogP contribution >= 0.6 is 0 Å². The Labute approximate surface area is 178 Å². The van der Waals surface area contributed by atoms with Gasteiger partial charge in [-0.25, -0.2) is 0 Å². The van der Waals surface area contributed by atoms with Crippen molar-refractivity contribution in [1.82, 2.24) is 4.57 Å². The lowest BCUT2D eigenvalue weighted by molar-refractivity contribution is -0.527. The summed E-state index contributed by atoms with van der Waals surface area (Å²) < 4.78 is 11.7. The molecule has 0 N–H and O–H groups in total. The van der Waals surface area contributed by atoms with E-state index in [0.717, 1.165) is 36.2 Å². The van der Waals surface area contributed by atoms with Crippen molar-refractivity contribution in [1.29, 1.82) is 0 Å². The van der Waals surface area contributed by atoms with E-state index in [-0.39, 0.29) is 6.42 Å². The highest BCUT2D eigenvalue weighted by molar-refractivity contribution is 5.98. The van der Waals surface area contributed by atoms with Crippen LogP contribution < -0.4 is 0 Å². The molecule has 0 fully saturated rings. The molecule has 0 aliphatic heterocycles. The van der Waals surface area contributed by atoms with Gasteiger partial charge in [0.2, 0.25) is 6.04 Å². The van der Waals surface area contributed by atoms with Gasteiger partial charge in [-0.05, 0) is 22.8 Å². The molecule has 8 heteroatoms. The molecule has 2 unspecified atom stereocenters. The van der Waals surface area contributed by atoms with Gasteiger partial charge in [-0.1, -0.05) is 42.5 Å². The van der Waals surface area contributed by atoms with Crippen molar-refractivity contribution in [3.63, 3.8) is 0 Å². The van der Waals surface area contributed by atoms with Crippen molar-refractivity contribution < 1.29 is 24.0 Å². The molecule has 2 atom stereocenters. The molecule has 0 amide bonds. The maximum atomic E-state index is 12.5. The Morgan fingerprint density at radius 3 is 2.39 bits per heavy atom. The summed E-state index contributed by atoms with van der Waals surface area (Å²) in [5, 5.41) is 12.9. The van der Waals surface area contributed by atoms with Gasteiger partial charge in [0.1, 0.15) is 0 Å². The van der Waals surface area contributed by atoms with Crippen LogP contribution in [0.3, 0.4) is 0 Å². The minimum atomic E-state index is -1.42. The highest BCUT2D eigenvalue weighted by atomic mass is 16.6. The molecule has 0 radical (unpaired) electrons. The molecule has 1 heterocycles. The summed E-state index contributed by atoms with van der Waals surface area (Å²) >= 11 is 0. The fraction of sp³-hybridized carbons (Fsp3) is 0.304. The standard InChI is InChI=1S/C23H22N2O6/c1-30-22(26)21(23(27)31-2)20-16-9-6-10-17-19(16)15(11-18(20)25(28)29)13-24(17)12-14-7-4-3-5-8-14/h3-10,13,18,20-21H,11-12H2,1-2H3. The number of aromatic nitrogens is 1. The number of ether oxygens (including phenoxy) is 2. The van der Waals surface area contributed by atoms with Gasteiger partial charge in [-0.2, -0.15) is 0 Å². The molecular weight excluding hydrogens is 400 g/mol. The number of nitrogens with zero attached hydrogens (tertiary/aromatic N) is 2. The first kappa shape index (κ1) is 20.6. The molecular formula is C23H22N2O6. The van der Waals surface area contributed by atoms with Gasteiger partial charge in [-0.3, -0.25) is 19.7 Å². The van der Waals surface area contributed by atoms with Crippen molar-refractivity contribution in [2.45, 2.75) is 24.9 Å². The first-order chi connectivity index (χ1) is 15.0. The SMILES string of the molecule is COC(=O)C(C(=O)OC)C1c2cccc3c2c(cn3Cc2ccccc2)CC1[N+](=O)[O-]. The maximum absolute atomic E-state index is 12.5. The van der Waals surface area contributed by atoms with Crippen molar-refractivity contribution in [3.05, 3.63) is 81.5 Å². The summed E-state index contributed by atoms with van der Waals surface area (Å²) in [7, 11) is 2.31. The van der Waals surface area contributed by atoms with Crippen LogP contribution in [0.4, 0.5) is 0 Å². The van der Waals surface area contributed by atoms with Gasteiger partial charge >= 0.3 is 11.9 Å². The van der Waals surface area contributed by atoms with Gasteiger partial charge in [0.25, 0.3) is 0 Å². The van der Waals surface area contributed by atoms with Crippen molar-refractivity contribution >= 4 is 22.8 Å². The molecule has 0 bridgehead atoms. The summed E-state index contributed by atoms with van der Waals surface area (Å²) in [5.41, 5.74) is 3.41. The summed E-state index contributed by atoms with van der Waals surface area (Å²) in [5.74, 6) is -4.08. The maximum Gasteiger partial charge on any atom is 0.320 e. The minimum Gasteiger partial charge on any atom is -0.468 e. The van der Waals surface area contributed by atoms with Gasteiger partial charge in [0.15, 0.2) is 5.92 Å². The zero-order valence-electron chi connectivity index (χ0n) is 17.2. The molecule has 4 rings (SSSR count). The number of benzene rings is 2. The minimum absolute atomic E-state index is 0.109. The zero-order chi connectivity index (χ0) is 22.1. The fourth-order valence-corrected chi connectivity index (χ4v) is 4.62. The third kappa shape index (κ3) is 3.54. The van der Waals surface area contributed by atoms with E-state index in [1.165, 1.54) is 0 Å². The van der Waals surface area contributed by atoms with Gasteiger partial charge in [-0.15, -0.1) is 0 Å². The van der Waals surface area contributed by atoms with Crippen molar-refractivity contribution in [3.8, 4) is 0 Å². The molecule has 31 heavy (non-hydrogen) atoms. The Kier molecular flexibility index (Phi) is 5.46. The van der Waals surface area contributed by atoms with Crippen LogP contribution in [-0.4, -0.2) is 41.7 Å². The fourth-order valence-electron chi connectivity index (χ4n) is 4.62. The van der Waals surface area contributed by atoms with Gasteiger partial charge in [0.05, 0.1) is 20.1 Å². The van der Waals surface area contributed by atoms with Gasteiger partial charge in [0, 0.05) is 35.0 Å². The van der Waals surface area contributed by atoms with Crippen LogP contribution in [0.5, 0.6) is 0 Å².